The van der Waals surface area contributed by atoms with Crippen LogP contribution in [-0.2, 0) is 0 Å². The molecule has 6 heteroatoms. The maximum absolute atomic E-state index is 12.2. The Morgan fingerprint density at radius 3 is 2.63 bits per heavy atom. The van der Waals surface area contributed by atoms with Crippen LogP contribution in [0.4, 0.5) is 9.93 Å². The van der Waals surface area contributed by atoms with E-state index in [0.29, 0.717) is 11.0 Å². The lowest BCUT2D eigenvalue weighted by molar-refractivity contribution is 0.219. The van der Waals surface area contributed by atoms with Gasteiger partial charge in [0.2, 0.25) is 5.13 Å². The van der Waals surface area contributed by atoms with Gasteiger partial charge in [-0.1, -0.05) is 6.42 Å². The largest absolute Gasteiger partial charge is 0.324 e. The van der Waals surface area contributed by atoms with Gasteiger partial charge < -0.3 is 4.90 Å². The third-order valence-electron chi connectivity index (χ3n) is 4.61. The van der Waals surface area contributed by atoms with Crippen LogP contribution in [0.25, 0.3) is 0 Å². The smallest absolute Gasteiger partial charge is 0.323 e. The van der Waals surface area contributed by atoms with E-state index in [4.69, 9.17) is 0 Å². The SMILES string of the molecule is O=C(Nc1nc(C2CC2)ns1)N1C[C@H]2CCC[C@H]2C1. The Morgan fingerprint density at radius 2 is 1.95 bits per heavy atom. The molecule has 0 radical (unpaired) electrons. The Labute approximate surface area is 116 Å². The van der Waals surface area contributed by atoms with Gasteiger partial charge in [-0.2, -0.15) is 4.37 Å². The summed E-state index contributed by atoms with van der Waals surface area (Å²) in [6.07, 6.45) is 6.31. The highest BCUT2D eigenvalue weighted by atomic mass is 32.1. The summed E-state index contributed by atoms with van der Waals surface area (Å²) in [5, 5.41) is 3.56. The third-order valence-corrected chi connectivity index (χ3v) is 5.26. The molecule has 3 fully saturated rings. The van der Waals surface area contributed by atoms with Gasteiger partial charge in [0.25, 0.3) is 0 Å². The van der Waals surface area contributed by atoms with Gasteiger partial charge in [-0.25, -0.2) is 9.78 Å². The van der Waals surface area contributed by atoms with Crippen LogP contribution in [-0.4, -0.2) is 33.4 Å². The number of fused-ring (bicyclic) bond motifs is 1. The van der Waals surface area contributed by atoms with Crippen LogP contribution in [0.2, 0.25) is 0 Å². The summed E-state index contributed by atoms with van der Waals surface area (Å²) in [5.74, 6) is 2.94. The van der Waals surface area contributed by atoms with Gasteiger partial charge in [0.15, 0.2) is 0 Å². The van der Waals surface area contributed by atoms with E-state index in [1.54, 1.807) is 0 Å². The fourth-order valence-corrected chi connectivity index (χ4v) is 4.00. The van der Waals surface area contributed by atoms with Gasteiger partial charge in [-0.05, 0) is 37.5 Å². The number of nitrogens with one attached hydrogen (secondary N) is 1. The molecule has 2 heterocycles. The minimum atomic E-state index is 0.00731. The molecule has 1 aromatic rings. The fraction of sp³-hybridized carbons (Fsp3) is 0.769. The van der Waals surface area contributed by atoms with Crippen molar-refractivity contribution in [3.8, 4) is 0 Å². The minimum Gasteiger partial charge on any atom is -0.324 e. The molecule has 2 amide bonds. The van der Waals surface area contributed by atoms with Gasteiger partial charge in [0.1, 0.15) is 5.82 Å². The first-order chi connectivity index (χ1) is 9.29. The molecule has 5 nitrogen and oxygen atoms in total. The van der Waals surface area contributed by atoms with Gasteiger partial charge in [0, 0.05) is 30.5 Å². The maximum Gasteiger partial charge on any atom is 0.323 e. The predicted octanol–water partition coefficient (Wildman–Crippen LogP) is 2.68. The molecule has 3 aliphatic rings. The predicted molar refractivity (Wildman–Crippen MR) is 73.3 cm³/mol. The van der Waals surface area contributed by atoms with Crippen LogP contribution in [0.5, 0.6) is 0 Å². The van der Waals surface area contributed by atoms with Crippen molar-refractivity contribution in [2.45, 2.75) is 38.0 Å². The second kappa shape index (κ2) is 4.44. The Hall–Kier alpha value is -1.17. The van der Waals surface area contributed by atoms with Gasteiger partial charge in [0.05, 0.1) is 0 Å². The lowest BCUT2D eigenvalue weighted by Crippen LogP contribution is -2.33. The van der Waals surface area contributed by atoms with E-state index in [0.717, 1.165) is 30.7 Å². The van der Waals surface area contributed by atoms with Crippen molar-refractivity contribution >= 4 is 22.7 Å². The molecule has 1 aliphatic heterocycles. The van der Waals surface area contributed by atoms with Crippen LogP contribution in [0, 0.1) is 11.8 Å². The quantitative estimate of drug-likeness (QED) is 0.905. The van der Waals surface area contributed by atoms with Gasteiger partial charge in [-0.3, -0.25) is 5.32 Å². The summed E-state index contributed by atoms with van der Waals surface area (Å²) in [6.45, 7) is 1.84. The number of carbonyl (C=O) groups is 1. The first-order valence-corrected chi connectivity index (χ1v) is 7.96. The maximum atomic E-state index is 12.2. The normalized spacial score (nSPS) is 29.6. The van der Waals surface area contributed by atoms with Crippen LogP contribution in [0.15, 0.2) is 0 Å². The Balaban J connectivity index is 1.38. The average molecular weight is 278 g/mol. The summed E-state index contributed by atoms with van der Waals surface area (Å²) in [5.41, 5.74) is 0. The molecule has 0 aromatic carbocycles. The Bertz CT molecular complexity index is 487. The fourth-order valence-electron chi connectivity index (χ4n) is 3.36. The second-order valence-corrected chi connectivity index (χ2v) is 6.77. The van der Waals surface area contributed by atoms with Crippen LogP contribution < -0.4 is 5.32 Å². The van der Waals surface area contributed by atoms with Crippen molar-refractivity contribution in [1.82, 2.24) is 14.3 Å². The van der Waals surface area contributed by atoms with Gasteiger partial charge in [-0.15, -0.1) is 0 Å². The highest BCUT2D eigenvalue weighted by Crippen LogP contribution is 2.40. The van der Waals surface area contributed by atoms with E-state index in [1.807, 2.05) is 4.90 Å². The van der Waals surface area contributed by atoms with Crippen molar-refractivity contribution in [1.29, 1.82) is 0 Å². The van der Waals surface area contributed by atoms with E-state index in [9.17, 15) is 4.79 Å². The monoisotopic (exact) mass is 278 g/mol. The minimum absolute atomic E-state index is 0.00731. The Morgan fingerprint density at radius 1 is 1.21 bits per heavy atom. The van der Waals surface area contributed by atoms with E-state index >= 15 is 0 Å². The van der Waals surface area contributed by atoms with E-state index in [1.165, 1.54) is 43.6 Å². The van der Waals surface area contributed by atoms with Gasteiger partial charge >= 0.3 is 6.03 Å². The number of nitrogens with zero attached hydrogens (tertiary/aromatic N) is 3. The summed E-state index contributed by atoms with van der Waals surface area (Å²) >= 11 is 1.31. The molecule has 0 spiro atoms. The van der Waals surface area contributed by atoms with Crippen molar-refractivity contribution < 1.29 is 4.79 Å². The number of rotatable bonds is 2. The van der Waals surface area contributed by atoms with Crippen molar-refractivity contribution in [2.24, 2.45) is 11.8 Å². The topological polar surface area (TPSA) is 58.1 Å². The zero-order valence-electron chi connectivity index (χ0n) is 10.8. The van der Waals surface area contributed by atoms with Crippen molar-refractivity contribution in [3.63, 3.8) is 0 Å². The molecule has 1 aromatic heterocycles. The van der Waals surface area contributed by atoms with Crippen LogP contribution in [0.1, 0.15) is 43.8 Å². The third kappa shape index (κ3) is 2.22. The molecule has 2 aliphatic carbocycles. The number of hydrogen-bond donors (Lipinski definition) is 1. The zero-order valence-corrected chi connectivity index (χ0v) is 11.7. The molecule has 4 rings (SSSR count). The summed E-state index contributed by atoms with van der Waals surface area (Å²) in [4.78, 5) is 18.6. The average Bonchev–Trinajstić information content (AvgIpc) is 2.83. The first-order valence-electron chi connectivity index (χ1n) is 7.19. The molecule has 0 bridgehead atoms. The number of carbonyl (C=O) groups excluding carboxylic acids is 1. The second-order valence-electron chi connectivity index (χ2n) is 6.02. The van der Waals surface area contributed by atoms with Crippen LogP contribution in [0.3, 0.4) is 0 Å². The molecule has 102 valence electrons. The summed E-state index contributed by atoms with van der Waals surface area (Å²) in [6, 6.07) is 0.00731. The highest BCUT2D eigenvalue weighted by Gasteiger charge is 2.38. The molecular formula is C13H18N4OS. The van der Waals surface area contributed by atoms with E-state index in [-0.39, 0.29) is 6.03 Å². The molecule has 1 N–H and O–H groups in total. The standard InChI is InChI=1S/C13H18N4OS/c18-13(17-6-9-2-1-3-10(9)7-17)15-12-14-11(16-19-12)8-4-5-8/h8-10H,1-7H2,(H,14,15,16,18)/t9-,10+. The molecular weight excluding hydrogens is 260 g/mol. The number of amides is 2. The lowest BCUT2D eigenvalue weighted by atomic mass is 10.0. The number of aromatic nitrogens is 2. The highest BCUT2D eigenvalue weighted by molar-refractivity contribution is 7.09. The number of hydrogen-bond acceptors (Lipinski definition) is 4. The summed E-state index contributed by atoms with van der Waals surface area (Å²) in [7, 11) is 0. The van der Waals surface area contributed by atoms with Crippen LogP contribution >= 0.6 is 11.5 Å². The van der Waals surface area contributed by atoms with E-state index < -0.39 is 0 Å². The lowest BCUT2D eigenvalue weighted by Gasteiger charge is -2.16. The molecule has 1 saturated heterocycles. The molecule has 2 saturated carbocycles. The summed E-state index contributed by atoms with van der Waals surface area (Å²) < 4.78 is 4.31. The van der Waals surface area contributed by atoms with E-state index in [2.05, 4.69) is 14.7 Å². The number of likely N-dealkylation sites (tertiary alicyclic amines) is 1. The van der Waals surface area contributed by atoms with Crippen molar-refractivity contribution in [3.05, 3.63) is 5.82 Å². The molecule has 2 atom stereocenters. The number of urea groups is 1. The zero-order chi connectivity index (χ0) is 12.8. The Kier molecular flexibility index (Phi) is 2.72. The number of anilines is 1. The van der Waals surface area contributed by atoms with Crippen molar-refractivity contribution in [2.75, 3.05) is 18.4 Å². The molecule has 0 unspecified atom stereocenters. The first kappa shape index (κ1) is 11.6. The molecule has 19 heavy (non-hydrogen) atoms.